The van der Waals surface area contributed by atoms with Gasteiger partial charge in [0.2, 0.25) is 15.9 Å². The Labute approximate surface area is 159 Å². The van der Waals surface area contributed by atoms with E-state index >= 15 is 0 Å². The second-order valence-electron chi connectivity index (χ2n) is 6.60. The summed E-state index contributed by atoms with van der Waals surface area (Å²) in [6, 6.07) is 4.18. The second-order valence-corrected chi connectivity index (χ2v) is 8.74. The van der Waals surface area contributed by atoms with Crippen LogP contribution >= 0.6 is 11.6 Å². The van der Waals surface area contributed by atoms with Crippen molar-refractivity contribution in [3.8, 4) is 0 Å². The molecule has 0 aromatic heterocycles. The number of rotatable bonds is 8. The summed E-state index contributed by atoms with van der Waals surface area (Å²) >= 11 is 6.06. The fourth-order valence-electron chi connectivity index (χ4n) is 3.08. The Morgan fingerprint density at radius 2 is 1.85 bits per heavy atom. The van der Waals surface area contributed by atoms with Crippen LogP contribution in [0.15, 0.2) is 23.1 Å². The molecule has 1 amide bonds. The van der Waals surface area contributed by atoms with Crippen molar-refractivity contribution >= 4 is 33.3 Å². The van der Waals surface area contributed by atoms with Gasteiger partial charge in [0.1, 0.15) is 4.90 Å². The first kappa shape index (κ1) is 20.9. The number of Topliss-reactive ketones (excluding diaryl/α,β-unsaturated/α-hetero) is 1. The lowest BCUT2D eigenvalue weighted by Gasteiger charge is -2.21. The average Bonchev–Trinajstić information content (AvgIpc) is 2.65. The number of amides is 1. The Hall–Kier alpha value is -1.44. The summed E-state index contributed by atoms with van der Waals surface area (Å²) in [4.78, 5) is 23.4. The van der Waals surface area contributed by atoms with Crippen LogP contribution in [0.25, 0.3) is 0 Å². The lowest BCUT2D eigenvalue weighted by Crippen LogP contribution is -2.30. The maximum Gasteiger partial charge on any atom is 0.242 e. The molecule has 1 aliphatic rings. The molecule has 0 spiro atoms. The molecule has 144 valence electrons. The molecule has 0 bridgehead atoms. The molecule has 0 atom stereocenters. The van der Waals surface area contributed by atoms with Crippen LogP contribution in [0.1, 0.15) is 55.3 Å². The Morgan fingerprint density at radius 1 is 1.15 bits per heavy atom. The standard InChI is InChI=1S/C18H25ClN2O4S/c1-20-18(23)10-9-16(22)14-7-8-15(19)17(11-14)26(24,25)21-12-13-5-3-2-4-6-13/h7-8,11,13,21H,2-6,9-10,12H2,1H3,(H,20,23). The van der Waals surface area contributed by atoms with Gasteiger partial charge in [-0.3, -0.25) is 9.59 Å². The molecule has 26 heavy (non-hydrogen) atoms. The van der Waals surface area contributed by atoms with Crippen LogP contribution in [0.2, 0.25) is 5.02 Å². The summed E-state index contributed by atoms with van der Waals surface area (Å²) < 4.78 is 27.8. The first-order chi connectivity index (χ1) is 12.3. The predicted molar refractivity (Wildman–Crippen MR) is 101 cm³/mol. The number of hydrogen-bond donors (Lipinski definition) is 2. The van der Waals surface area contributed by atoms with Crippen LogP contribution in [0.5, 0.6) is 0 Å². The highest BCUT2D eigenvalue weighted by Crippen LogP contribution is 2.26. The van der Waals surface area contributed by atoms with Crippen LogP contribution in [0, 0.1) is 5.92 Å². The lowest BCUT2D eigenvalue weighted by atomic mass is 9.90. The third-order valence-corrected chi connectivity index (χ3v) is 6.59. The summed E-state index contributed by atoms with van der Waals surface area (Å²) in [6.07, 6.45) is 5.57. The van der Waals surface area contributed by atoms with Gasteiger partial charge >= 0.3 is 0 Å². The third kappa shape index (κ3) is 5.79. The molecule has 1 fully saturated rings. The van der Waals surface area contributed by atoms with E-state index in [1.54, 1.807) is 0 Å². The Balaban J connectivity index is 2.09. The molecule has 0 heterocycles. The van der Waals surface area contributed by atoms with Crippen molar-refractivity contribution in [2.45, 2.75) is 49.8 Å². The number of benzene rings is 1. The first-order valence-corrected chi connectivity index (χ1v) is 10.7. The third-order valence-electron chi connectivity index (χ3n) is 4.69. The van der Waals surface area contributed by atoms with Gasteiger partial charge in [0, 0.05) is 32.0 Å². The molecule has 2 rings (SSSR count). The number of halogens is 1. The highest BCUT2D eigenvalue weighted by molar-refractivity contribution is 7.89. The van der Waals surface area contributed by atoms with Gasteiger partial charge in [0.25, 0.3) is 0 Å². The largest absolute Gasteiger partial charge is 0.359 e. The Kier molecular flexibility index (Phi) is 7.61. The fraction of sp³-hybridized carbons (Fsp3) is 0.556. The normalized spacial score (nSPS) is 15.6. The summed E-state index contributed by atoms with van der Waals surface area (Å²) in [7, 11) is -2.30. The molecule has 2 N–H and O–H groups in total. The van der Waals surface area contributed by atoms with E-state index in [0.717, 1.165) is 25.7 Å². The molecule has 0 radical (unpaired) electrons. The van der Waals surface area contributed by atoms with Crippen LogP contribution in [0.3, 0.4) is 0 Å². The monoisotopic (exact) mass is 400 g/mol. The summed E-state index contributed by atoms with van der Waals surface area (Å²) in [5.74, 6) is -0.196. The number of carbonyl (C=O) groups is 2. The molecule has 1 aromatic carbocycles. The van der Waals surface area contributed by atoms with Gasteiger partial charge < -0.3 is 5.32 Å². The van der Waals surface area contributed by atoms with E-state index in [2.05, 4.69) is 10.0 Å². The molecule has 1 aliphatic carbocycles. The molecule has 8 heteroatoms. The number of hydrogen-bond acceptors (Lipinski definition) is 4. The van der Waals surface area contributed by atoms with Crippen molar-refractivity contribution in [3.63, 3.8) is 0 Å². The molecular weight excluding hydrogens is 376 g/mol. The molecule has 0 saturated heterocycles. The number of ketones is 1. The molecule has 1 saturated carbocycles. The second kappa shape index (κ2) is 9.48. The highest BCUT2D eigenvalue weighted by atomic mass is 35.5. The van der Waals surface area contributed by atoms with E-state index in [-0.39, 0.29) is 40.0 Å². The summed E-state index contributed by atoms with van der Waals surface area (Å²) in [6.45, 7) is 0.382. The minimum atomic E-state index is -3.80. The van der Waals surface area contributed by atoms with Gasteiger partial charge in [-0.1, -0.05) is 30.9 Å². The average molecular weight is 401 g/mol. The number of nitrogens with one attached hydrogen (secondary N) is 2. The number of carbonyl (C=O) groups excluding carboxylic acids is 2. The quantitative estimate of drug-likeness (QED) is 0.656. The maximum atomic E-state index is 12.6. The lowest BCUT2D eigenvalue weighted by molar-refractivity contribution is -0.120. The molecule has 1 aromatic rings. The van der Waals surface area contributed by atoms with E-state index in [9.17, 15) is 18.0 Å². The minimum absolute atomic E-state index is 0.0102. The van der Waals surface area contributed by atoms with E-state index in [1.807, 2.05) is 0 Å². The van der Waals surface area contributed by atoms with Crippen molar-refractivity contribution in [2.24, 2.45) is 5.92 Å². The molecule has 0 unspecified atom stereocenters. The van der Waals surface area contributed by atoms with Crippen LogP contribution in [-0.2, 0) is 14.8 Å². The Morgan fingerprint density at radius 3 is 2.50 bits per heavy atom. The SMILES string of the molecule is CNC(=O)CCC(=O)c1ccc(Cl)c(S(=O)(=O)NCC2CCCCC2)c1. The number of sulfonamides is 1. The van der Waals surface area contributed by atoms with Gasteiger partial charge in [-0.15, -0.1) is 0 Å². The van der Waals surface area contributed by atoms with Crippen molar-refractivity contribution < 1.29 is 18.0 Å². The zero-order chi connectivity index (χ0) is 19.2. The molecular formula is C18H25ClN2O4S. The van der Waals surface area contributed by atoms with E-state index in [1.165, 1.54) is 31.7 Å². The zero-order valence-electron chi connectivity index (χ0n) is 14.9. The summed E-state index contributed by atoms with van der Waals surface area (Å²) in [5, 5.41) is 2.52. The maximum absolute atomic E-state index is 12.6. The van der Waals surface area contributed by atoms with Gasteiger partial charge in [-0.2, -0.15) is 0 Å². The van der Waals surface area contributed by atoms with Gasteiger partial charge in [-0.25, -0.2) is 13.1 Å². The molecule has 0 aliphatic heterocycles. The van der Waals surface area contributed by atoms with E-state index in [0.29, 0.717) is 12.5 Å². The van der Waals surface area contributed by atoms with Crippen LogP contribution < -0.4 is 10.0 Å². The topological polar surface area (TPSA) is 92.3 Å². The van der Waals surface area contributed by atoms with Gasteiger partial charge in [-0.05, 0) is 37.0 Å². The van der Waals surface area contributed by atoms with Crippen molar-refractivity contribution in [2.75, 3.05) is 13.6 Å². The van der Waals surface area contributed by atoms with Crippen molar-refractivity contribution in [1.29, 1.82) is 0 Å². The fourth-order valence-corrected chi connectivity index (χ4v) is 4.72. The predicted octanol–water partition coefficient (Wildman–Crippen LogP) is 2.91. The highest BCUT2D eigenvalue weighted by Gasteiger charge is 2.22. The van der Waals surface area contributed by atoms with E-state index < -0.39 is 10.0 Å². The van der Waals surface area contributed by atoms with Crippen molar-refractivity contribution in [1.82, 2.24) is 10.0 Å². The van der Waals surface area contributed by atoms with Crippen LogP contribution in [0.4, 0.5) is 0 Å². The smallest absolute Gasteiger partial charge is 0.242 e. The van der Waals surface area contributed by atoms with Gasteiger partial charge in [0.05, 0.1) is 5.02 Å². The van der Waals surface area contributed by atoms with Gasteiger partial charge in [0.15, 0.2) is 5.78 Å². The zero-order valence-corrected chi connectivity index (χ0v) is 16.5. The van der Waals surface area contributed by atoms with E-state index in [4.69, 9.17) is 11.6 Å². The molecule has 6 nitrogen and oxygen atoms in total. The van der Waals surface area contributed by atoms with Crippen molar-refractivity contribution in [3.05, 3.63) is 28.8 Å². The minimum Gasteiger partial charge on any atom is -0.359 e. The first-order valence-electron chi connectivity index (χ1n) is 8.86. The van der Waals surface area contributed by atoms with Crippen LogP contribution in [-0.4, -0.2) is 33.7 Å². The Bertz CT molecular complexity index is 758. The summed E-state index contributed by atoms with van der Waals surface area (Å²) in [5.41, 5.74) is 0.233.